The zero-order chi connectivity index (χ0) is 54.0. The number of rotatable bonds is 4. The first kappa shape index (κ1) is 46.7. The molecule has 3 nitrogen and oxygen atoms in total. The molecular formula is C76H63NO2. The van der Waals surface area contributed by atoms with Gasteiger partial charge in [-0.05, 0) is 143 Å². The van der Waals surface area contributed by atoms with Crippen LogP contribution in [-0.4, -0.2) is 0 Å². The van der Waals surface area contributed by atoms with E-state index in [2.05, 4.69) is 263 Å². The summed E-state index contributed by atoms with van der Waals surface area (Å²) < 4.78 is 14.0. The van der Waals surface area contributed by atoms with Gasteiger partial charge in [0.15, 0.2) is 0 Å². The third kappa shape index (κ3) is 5.93. The van der Waals surface area contributed by atoms with E-state index in [9.17, 15) is 0 Å². The van der Waals surface area contributed by atoms with Crippen molar-refractivity contribution in [3.05, 3.63) is 232 Å². The second kappa shape index (κ2) is 15.2. The second-order valence-electron chi connectivity index (χ2n) is 26.4. The Labute approximate surface area is 463 Å². The van der Waals surface area contributed by atoms with Gasteiger partial charge in [-0.1, -0.05) is 210 Å². The molecule has 0 amide bonds. The summed E-state index contributed by atoms with van der Waals surface area (Å²) in [7, 11) is 0. The van der Waals surface area contributed by atoms with Gasteiger partial charge in [0.25, 0.3) is 0 Å². The Morgan fingerprint density at radius 1 is 0.354 bits per heavy atom. The highest BCUT2D eigenvalue weighted by Crippen LogP contribution is 2.65. The minimum Gasteiger partial charge on any atom is -0.455 e. The average molecular weight is 1020 g/mol. The zero-order valence-corrected chi connectivity index (χ0v) is 47.1. The van der Waals surface area contributed by atoms with Crippen molar-refractivity contribution in [3.63, 3.8) is 0 Å². The summed E-state index contributed by atoms with van der Waals surface area (Å²) in [5, 5.41) is 4.73. The molecule has 0 aliphatic heterocycles. The van der Waals surface area contributed by atoms with Crippen molar-refractivity contribution in [1.29, 1.82) is 0 Å². The molecule has 10 aromatic carbocycles. The highest BCUT2D eigenvalue weighted by atomic mass is 16.3. The first-order valence-electron chi connectivity index (χ1n) is 28.4. The van der Waals surface area contributed by atoms with Crippen molar-refractivity contribution in [1.82, 2.24) is 0 Å². The standard InChI is InChI=1S/C76H63NO2/c1-72(2,3)43-33-31-42(32-34-43)52-41-58-63(65-50-23-14-18-29-60(50)78-70(52)65)48-37-35-44(39-56(48)74(58,6)7)77(59-28-20-27-55-62(59)46-21-12-16-25-53(46)73(55,4)5)45-36-38-49-57(40-45)76(10,11)68-64(49)66-51-24-15-19-30-61(51)79-71(66)67-47-22-13-17-26-54(47)75(8,9)69(67)68/h12-41H,1-11H3. The average Bonchev–Trinajstić information content (AvgIpc) is 3.82. The predicted octanol–water partition coefficient (Wildman–Crippen LogP) is 21.1. The summed E-state index contributed by atoms with van der Waals surface area (Å²) in [5.41, 5.74) is 30.9. The van der Waals surface area contributed by atoms with Crippen molar-refractivity contribution in [3.8, 4) is 55.6 Å². The van der Waals surface area contributed by atoms with Gasteiger partial charge >= 0.3 is 0 Å². The number of anilines is 3. The predicted molar refractivity (Wildman–Crippen MR) is 330 cm³/mol. The minimum absolute atomic E-state index is 0.0492. The van der Waals surface area contributed by atoms with Gasteiger partial charge in [-0.25, -0.2) is 0 Å². The number of hydrogen-bond acceptors (Lipinski definition) is 3. The normalized spacial score (nSPS) is 16.2. The number of benzene rings is 10. The van der Waals surface area contributed by atoms with E-state index in [-0.39, 0.29) is 27.1 Å². The molecule has 0 atom stereocenters. The summed E-state index contributed by atoms with van der Waals surface area (Å²) in [6, 6.07) is 68.7. The molecule has 4 aliphatic rings. The lowest BCUT2D eigenvalue weighted by molar-refractivity contribution is 0.590. The summed E-state index contributed by atoms with van der Waals surface area (Å²) >= 11 is 0. The van der Waals surface area contributed by atoms with Crippen LogP contribution in [-0.2, 0) is 27.1 Å². The molecule has 0 fully saturated rings. The van der Waals surface area contributed by atoms with Gasteiger partial charge in [-0.15, -0.1) is 0 Å². The summed E-state index contributed by atoms with van der Waals surface area (Å²) in [6.07, 6.45) is 0. The number of fused-ring (bicyclic) bond motifs is 22. The van der Waals surface area contributed by atoms with E-state index in [0.717, 1.165) is 44.7 Å². The summed E-state index contributed by atoms with van der Waals surface area (Å²) in [4.78, 5) is 2.59. The quantitative estimate of drug-likeness (QED) is 0.176. The molecule has 2 heterocycles. The zero-order valence-electron chi connectivity index (χ0n) is 47.1. The van der Waals surface area contributed by atoms with Crippen LogP contribution in [0.5, 0.6) is 0 Å². The van der Waals surface area contributed by atoms with Gasteiger partial charge in [-0.3, -0.25) is 0 Å². The molecule has 0 unspecified atom stereocenters. The molecule has 0 bridgehead atoms. The van der Waals surface area contributed by atoms with Crippen LogP contribution in [0, 0.1) is 0 Å². The van der Waals surface area contributed by atoms with E-state index in [1.807, 2.05) is 0 Å². The fraction of sp³-hybridized carbons (Fsp3) is 0.211. The highest BCUT2D eigenvalue weighted by molar-refractivity contribution is 6.22. The minimum atomic E-state index is -0.360. The second-order valence-corrected chi connectivity index (χ2v) is 26.4. The van der Waals surface area contributed by atoms with Crippen molar-refractivity contribution < 1.29 is 8.83 Å². The first-order chi connectivity index (χ1) is 37.9. The lowest BCUT2D eigenvalue weighted by atomic mass is 9.72. The molecule has 3 heteroatoms. The molecule has 0 saturated carbocycles. The van der Waals surface area contributed by atoms with Gasteiger partial charge < -0.3 is 13.7 Å². The largest absolute Gasteiger partial charge is 0.455 e. The number of nitrogens with zero attached hydrogens (tertiary/aromatic N) is 1. The Bertz CT molecular complexity index is 4690. The Kier molecular flexibility index (Phi) is 9.00. The van der Waals surface area contributed by atoms with Crippen molar-refractivity contribution in [2.45, 2.75) is 103 Å². The maximum atomic E-state index is 7.07. The summed E-state index contributed by atoms with van der Waals surface area (Å²) in [5.74, 6) is 0. The van der Waals surface area contributed by atoms with E-state index >= 15 is 0 Å². The van der Waals surface area contributed by atoms with E-state index in [1.54, 1.807) is 0 Å². The molecule has 2 aromatic heterocycles. The maximum Gasteiger partial charge on any atom is 0.144 e. The van der Waals surface area contributed by atoms with Gasteiger partial charge in [0.2, 0.25) is 0 Å². The van der Waals surface area contributed by atoms with E-state index in [1.165, 1.54) is 122 Å². The molecular weight excluding hydrogens is 959 g/mol. The van der Waals surface area contributed by atoms with Gasteiger partial charge in [-0.2, -0.15) is 0 Å². The topological polar surface area (TPSA) is 29.5 Å². The third-order valence-electron chi connectivity index (χ3n) is 19.6. The Hall–Kier alpha value is -8.40. The molecule has 384 valence electrons. The molecule has 4 aliphatic carbocycles. The molecule has 79 heavy (non-hydrogen) atoms. The van der Waals surface area contributed by atoms with Crippen LogP contribution < -0.4 is 4.90 Å². The van der Waals surface area contributed by atoms with Crippen LogP contribution in [0.2, 0.25) is 0 Å². The molecule has 0 spiro atoms. The summed E-state index contributed by atoms with van der Waals surface area (Å²) in [6.45, 7) is 26.3. The third-order valence-corrected chi connectivity index (χ3v) is 19.6. The van der Waals surface area contributed by atoms with Crippen molar-refractivity contribution in [2.75, 3.05) is 4.90 Å². The SMILES string of the molecule is CC(C)(C)c1ccc(-c2cc3c(c4c2oc2ccccc24)-c2ccc(N(c4ccc5c(c4)C(C)(C)c4c6c(c7oc8ccccc8c7c4-5)-c4ccccc4C6(C)C)c4cccc5c4-c4ccccc4C5(C)C)cc2C3(C)C)cc1. The molecule has 0 N–H and O–H groups in total. The van der Waals surface area contributed by atoms with Crippen LogP contribution in [0.1, 0.15) is 126 Å². The monoisotopic (exact) mass is 1020 g/mol. The van der Waals surface area contributed by atoms with Crippen LogP contribution >= 0.6 is 0 Å². The van der Waals surface area contributed by atoms with Gasteiger partial charge in [0.1, 0.15) is 22.3 Å². The fourth-order valence-corrected chi connectivity index (χ4v) is 15.6. The van der Waals surface area contributed by atoms with Crippen molar-refractivity contribution >= 4 is 60.9 Å². The van der Waals surface area contributed by atoms with Gasteiger partial charge in [0, 0.05) is 71.3 Å². The molecule has 16 rings (SSSR count). The number of hydrogen-bond donors (Lipinski definition) is 0. The van der Waals surface area contributed by atoms with Crippen LogP contribution in [0.4, 0.5) is 17.1 Å². The van der Waals surface area contributed by atoms with Crippen LogP contribution in [0.3, 0.4) is 0 Å². The lowest BCUT2D eigenvalue weighted by Crippen LogP contribution is -2.24. The maximum absolute atomic E-state index is 7.07. The van der Waals surface area contributed by atoms with Crippen molar-refractivity contribution in [2.24, 2.45) is 0 Å². The van der Waals surface area contributed by atoms with E-state index in [4.69, 9.17) is 8.83 Å². The van der Waals surface area contributed by atoms with Crippen LogP contribution in [0.25, 0.3) is 99.5 Å². The Balaban J connectivity index is 0.940. The van der Waals surface area contributed by atoms with Gasteiger partial charge in [0.05, 0.1) is 5.69 Å². The Morgan fingerprint density at radius 3 is 1.48 bits per heavy atom. The van der Waals surface area contributed by atoms with E-state index in [0.29, 0.717) is 0 Å². The molecule has 12 aromatic rings. The lowest BCUT2D eigenvalue weighted by Gasteiger charge is -2.32. The molecule has 0 saturated heterocycles. The fourth-order valence-electron chi connectivity index (χ4n) is 15.6. The first-order valence-corrected chi connectivity index (χ1v) is 28.4. The van der Waals surface area contributed by atoms with Crippen LogP contribution in [0.15, 0.2) is 191 Å². The highest BCUT2D eigenvalue weighted by Gasteiger charge is 2.49. The number of para-hydroxylation sites is 2. The number of furan rings is 2. The van der Waals surface area contributed by atoms with E-state index < -0.39 is 0 Å². The smallest absolute Gasteiger partial charge is 0.144 e. The Morgan fingerprint density at radius 2 is 0.835 bits per heavy atom. The molecule has 0 radical (unpaired) electrons.